The molecule has 3 aromatic rings. The van der Waals surface area contributed by atoms with Crippen molar-refractivity contribution in [3.8, 4) is 0 Å². The van der Waals surface area contributed by atoms with Gasteiger partial charge in [-0.05, 0) is 41.8 Å². The average Bonchev–Trinajstić information content (AvgIpc) is 3.16. The maximum atomic E-state index is 13.5. The molecule has 3 aromatic carbocycles. The van der Waals surface area contributed by atoms with Gasteiger partial charge in [0.2, 0.25) is 0 Å². The van der Waals surface area contributed by atoms with Gasteiger partial charge < -0.3 is 0 Å². The van der Waals surface area contributed by atoms with E-state index in [1.807, 2.05) is 60.7 Å². The van der Waals surface area contributed by atoms with Gasteiger partial charge in [0.1, 0.15) is 0 Å². The van der Waals surface area contributed by atoms with Crippen molar-refractivity contribution in [2.24, 2.45) is 5.10 Å². The smallest absolute Gasteiger partial charge is 0.200 e. The summed E-state index contributed by atoms with van der Waals surface area (Å²) in [6, 6.07) is 24.1. The summed E-state index contributed by atoms with van der Waals surface area (Å²) in [7, 11) is -3.78. The molecule has 0 N–H and O–H groups in total. The average molecular weight is 455 g/mol. The van der Waals surface area contributed by atoms with E-state index < -0.39 is 10.0 Å². The molecule has 1 heterocycles. The predicted octanol–water partition coefficient (Wildman–Crippen LogP) is 5.30. The Balaban J connectivity index is 1.82. The van der Waals surface area contributed by atoms with Crippen LogP contribution in [0.25, 0.3) is 0 Å². The summed E-state index contributed by atoms with van der Waals surface area (Å²) in [5, 5.41) is 4.58. The monoisotopic (exact) mass is 454 g/mol. The van der Waals surface area contributed by atoms with E-state index in [4.69, 9.17) is 0 Å². The number of benzene rings is 3. The maximum Gasteiger partial charge on any atom is 0.279 e. The highest BCUT2D eigenvalue weighted by Crippen LogP contribution is 2.38. The van der Waals surface area contributed by atoms with E-state index in [2.05, 4.69) is 21.0 Å². The van der Waals surface area contributed by atoms with Crippen molar-refractivity contribution < 1.29 is 8.42 Å². The molecule has 0 aromatic heterocycles. The van der Waals surface area contributed by atoms with Gasteiger partial charge in [0.25, 0.3) is 10.0 Å². The highest BCUT2D eigenvalue weighted by atomic mass is 79.9. The minimum atomic E-state index is -3.78. The molecule has 0 aliphatic carbocycles. The molecule has 0 bridgehead atoms. The first kappa shape index (κ1) is 18.9. The van der Waals surface area contributed by atoms with E-state index >= 15 is 0 Å². The summed E-state index contributed by atoms with van der Waals surface area (Å²) >= 11 is 3.44. The Morgan fingerprint density at radius 1 is 0.929 bits per heavy atom. The normalized spacial score (nSPS) is 16.9. The molecule has 0 saturated heterocycles. The lowest BCUT2D eigenvalue weighted by Gasteiger charge is -2.24. The summed E-state index contributed by atoms with van der Waals surface area (Å²) in [4.78, 5) is 0.287. The van der Waals surface area contributed by atoms with Gasteiger partial charge in [-0.2, -0.15) is 17.9 Å². The van der Waals surface area contributed by atoms with Gasteiger partial charge in [-0.1, -0.05) is 76.6 Å². The first-order valence-corrected chi connectivity index (χ1v) is 11.2. The van der Waals surface area contributed by atoms with Gasteiger partial charge >= 0.3 is 0 Å². The lowest BCUT2D eigenvalue weighted by atomic mass is 9.99. The molecule has 142 valence electrons. The summed E-state index contributed by atoms with van der Waals surface area (Å²) in [5.74, 6) is 0. The van der Waals surface area contributed by atoms with Gasteiger partial charge in [-0.15, -0.1) is 0 Å². The fourth-order valence-electron chi connectivity index (χ4n) is 3.40. The van der Waals surface area contributed by atoms with E-state index in [0.717, 1.165) is 21.3 Å². The molecule has 1 aliphatic heterocycles. The number of hydrazone groups is 1. The summed E-state index contributed by atoms with van der Waals surface area (Å²) in [6.45, 7) is 1.80. The Bertz CT molecular complexity index is 1130. The molecule has 28 heavy (non-hydrogen) atoms. The second kappa shape index (κ2) is 7.53. The molecule has 0 amide bonds. The van der Waals surface area contributed by atoms with Crippen LogP contribution < -0.4 is 0 Å². The Morgan fingerprint density at radius 3 is 2.25 bits per heavy atom. The van der Waals surface area contributed by atoms with Gasteiger partial charge in [-0.25, -0.2) is 0 Å². The fourth-order valence-corrected chi connectivity index (χ4v) is 5.32. The van der Waals surface area contributed by atoms with Crippen molar-refractivity contribution in [3.63, 3.8) is 0 Å². The predicted molar refractivity (Wildman–Crippen MR) is 115 cm³/mol. The number of sulfonamides is 1. The minimum Gasteiger partial charge on any atom is -0.200 e. The molecule has 1 unspecified atom stereocenters. The van der Waals surface area contributed by atoms with E-state index in [0.29, 0.717) is 12.0 Å². The van der Waals surface area contributed by atoms with Crippen LogP contribution in [0.15, 0.2) is 93.3 Å². The molecule has 1 atom stereocenters. The van der Waals surface area contributed by atoms with Crippen LogP contribution >= 0.6 is 15.9 Å². The van der Waals surface area contributed by atoms with Crippen LogP contribution in [0.3, 0.4) is 0 Å². The van der Waals surface area contributed by atoms with Crippen molar-refractivity contribution in [2.75, 3.05) is 0 Å². The summed E-state index contributed by atoms with van der Waals surface area (Å²) in [6.07, 6.45) is 0.525. The Labute approximate surface area is 173 Å². The molecule has 6 heteroatoms. The molecule has 1 aliphatic rings. The van der Waals surface area contributed by atoms with Gasteiger partial charge in [0.15, 0.2) is 0 Å². The summed E-state index contributed by atoms with van der Waals surface area (Å²) < 4.78 is 29.2. The van der Waals surface area contributed by atoms with Crippen LogP contribution in [0, 0.1) is 6.92 Å². The maximum absolute atomic E-state index is 13.5. The molecular weight excluding hydrogens is 436 g/mol. The lowest BCUT2D eigenvalue weighted by Crippen LogP contribution is -2.27. The third-order valence-corrected chi connectivity index (χ3v) is 7.22. The molecule has 0 spiro atoms. The van der Waals surface area contributed by atoms with Crippen LogP contribution in [0.5, 0.6) is 0 Å². The Kier molecular flexibility index (Phi) is 5.08. The van der Waals surface area contributed by atoms with Gasteiger partial charge in [0.05, 0.1) is 16.6 Å². The fraction of sp³-hybridized carbons (Fsp3) is 0.136. The number of nitrogens with zero attached hydrogens (tertiary/aromatic N) is 2. The zero-order valence-electron chi connectivity index (χ0n) is 15.3. The number of halogens is 1. The Hall–Kier alpha value is -2.44. The van der Waals surface area contributed by atoms with Crippen LogP contribution in [0.2, 0.25) is 0 Å². The largest absolute Gasteiger partial charge is 0.279 e. The molecule has 4 rings (SSSR count). The van der Waals surface area contributed by atoms with Gasteiger partial charge in [0, 0.05) is 10.9 Å². The van der Waals surface area contributed by atoms with Crippen LogP contribution in [-0.4, -0.2) is 18.5 Å². The van der Waals surface area contributed by atoms with Crippen molar-refractivity contribution >= 4 is 31.7 Å². The van der Waals surface area contributed by atoms with Crippen molar-refractivity contribution in [2.45, 2.75) is 24.3 Å². The Morgan fingerprint density at radius 2 is 1.57 bits per heavy atom. The topological polar surface area (TPSA) is 49.7 Å². The first-order valence-electron chi connectivity index (χ1n) is 8.95. The third kappa shape index (κ3) is 3.50. The molecule has 0 saturated carbocycles. The SMILES string of the molecule is Cc1ccccc1S(=O)(=O)N1N=C(c2ccccc2)CC1c1ccc(Br)cc1. The molecule has 4 nitrogen and oxygen atoms in total. The number of aryl methyl sites for hydroxylation is 1. The second-order valence-electron chi connectivity index (χ2n) is 6.73. The van der Waals surface area contributed by atoms with Crippen LogP contribution in [-0.2, 0) is 10.0 Å². The van der Waals surface area contributed by atoms with Crippen LogP contribution in [0.1, 0.15) is 29.2 Å². The number of rotatable bonds is 4. The number of hydrogen-bond donors (Lipinski definition) is 0. The summed E-state index contributed by atoms with van der Waals surface area (Å²) in [5.41, 5.74) is 3.33. The molecular formula is C22H19BrN2O2S. The molecule has 0 fully saturated rings. The third-order valence-electron chi connectivity index (χ3n) is 4.85. The lowest BCUT2D eigenvalue weighted by molar-refractivity contribution is 0.371. The zero-order chi connectivity index (χ0) is 19.7. The van der Waals surface area contributed by atoms with E-state index in [1.165, 1.54) is 4.41 Å². The minimum absolute atomic E-state index is 0.287. The van der Waals surface area contributed by atoms with Crippen molar-refractivity contribution in [1.29, 1.82) is 0 Å². The van der Waals surface area contributed by atoms with Crippen molar-refractivity contribution in [3.05, 3.63) is 100 Å². The van der Waals surface area contributed by atoms with Crippen molar-refractivity contribution in [1.82, 2.24) is 4.41 Å². The van der Waals surface area contributed by atoms with E-state index in [1.54, 1.807) is 25.1 Å². The van der Waals surface area contributed by atoms with E-state index in [-0.39, 0.29) is 10.9 Å². The van der Waals surface area contributed by atoms with Crippen LogP contribution in [0.4, 0.5) is 0 Å². The molecule has 0 radical (unpaired) electrons. The highest BCUT2D eigenvalue weighted by Gasteiger charge is 2.38. The van der Waals surface area contributed by atoms with Gasteiger partial charge in [-0.3, -0.25) is 0 Å². The first-order chi connectivity index (χ1) is 13.5. The quantitative estimate of drug-likeness (QED) is 0.536. The zero-order valence-corrected chi connectivity index (χ0v) is 17.7. The number of hydrogen-bond acceptors (Lipinski definition) is 3. The van der Waals surface area contributed by atoms with E-state index in [9.17, 15) is 8.42 Å². The standard InChI is InChI=1S/C22H19BrN2O2S/c1-16-7-5-6-10-22(16)28(26,27)25-21(18-11-13-19(23)14-12-18)15-20(24-25)17-8-3-2-4-9-17/h2-14,21H,15H2,1H3. The highest BCUT2D eigenvalue weighted by molar-refractivity contribution is 9.10. The second-order valence-corrected chi connectivity index (χ2v) is 9.41.